The van der Waals surface area contributed by atoms with Crippen LogP contribution in [0.25, 0.3) is 10.9 Å². The van der Waals surface area contributed by atoms with Crippen molar-refractivity contribution in [3.05, 3.63) is 52.2 Å². The number of pyridine rings is 1. The number of aromatic amines is 1. The zero-order valence-corrected chi connectivity index (χ0v) is 14.4. The summed E-state index contributed by atoms with van der Waals surface area (Å²) in [5.74, 6) is -0.255. The predicted molar refractivity (Wildman–Crippen MR) is 95.9 cm³/mol. The Balaban J connectivity index is 1.82. The highest BCUT2D eigenvalue weighted by atomic mass is 35.5. The van der Waals surface area contributed by atoms with Crippen LogP contribution in [-0.2, 0) is 6.42 Å². The molecule has 0 aliphatic carbocycles. The normalized spacial score (nSPS) is 10.8. The minimum absolute atomic E-state index is 0.255. The summed E-state index contributed by atoms with van der Waals surface area (Å²) in [5.41, 5.74) is 2.47. The first kappa shape index (κ1) is 16.5. The van der Waals surface area contributed by atoms with Gasteiger partial charge in [-0.2, -0.15) is 0 Å². The fourth-order valence-corrected chi connectivity index (χ4v) is 3.01. The molecule has 0 aliphatic rings. The number of hydrogen-bond donors (Lipinski definition) is 3. The molecule has 1 aromatic carbocycles. The number of nitrogens with one attached hydrogen (secondary N) is 3. The van der Waals surface area contributed by atoms with Gasteiger partial charge in [-0.1, -0.05) is 23.2 Å². The highest BCUT2D eigenvalue weighted by molar-refractivity contribution is 6.40. The molecule has 6 nitrogen and oxygen atoms in total. The Morgan fingerprint density at radius 2 is 2.12 bits per heavy atom. The van der Waals surface area contributed by atoms with E-state index in [-0.39, 0.29) is 5.91 Å². The van der Waals surface area contributed by atoms with E-state index in [1.165, 1.54) is 0 Å². The average molecular weight is 364 g/mol. The van der Waals surface area contributed by atoms with Gasteiger partial charge in [0, 0.05) is 37.3 Å². The number of carbonyl (C=O) groups excluding carboxylic acids is 1. The lowest BCUT2D eigenvalue weighted by molar-refractivity contribution is 0.0949. The molecular formula is C16H15Cl2N5O. The third-order valence-corrected chi connectivity index (χ3v) is 4.21. The largest absolute Gasteiger partial charge is 0.385 e. The van der Waals surface area contributed by atoms with Crippen LogP contribution in [0.1, 0.15) is 16.2 Å². The van der Waals surface area contributed by atoms with Crippen LogP contribution in [0.5, 0.6) is 0 Å². The summed E-state index contributed by atoms with van der Waals surface area (Å²) in [5, 5.41) is 7.52. The van der Waals surface area contributed by atoms with Crippen LogP contribution in [0, 0.1) is 0 Å². The number of amides is 1. The molecule has 0 bridgehead atoms. The summed E-state index contributed by atoms with van der Waals surface area (Å²) in [4.78, 5) is 23.6. The SMILES string of the molecule is CNc1c(Cl)cc(Cl)c2ccc(C(=O)NCCc3cnc[nH]3)nc12. The molecule has 2 aromatic heterocycles. The Hall–Kier alpha value is -2.31. The molecule has 0 unspecified atom stereocenters. The maximum atomic E-state index is 12.3. The highest BCUT2D eigenvalue weighted by Gasteiger charge is 2.14. The molecule has 0 atom stereocenters. The van der Waals surface area contributed by atoms with E-state index < -0.39 is 0 Å². The van der Waals surface area contributed by atoms with Crippen molar-refractivity contribution < 1.29 is 4.79 Å². The van der Waals surface area contributed by atoms with E-state index in [0.29, 0.717) is 39.9 Å². The van der Waals surface area contributed by atoms with Crippen LogP contribution in [0.4, 0.5) is 5.69 Å². The second-order valence-corrected chi connectivity index (χ2v) is 5.96. The van der Waals surface area contributed by atoms with Crippen LogP contribution in [-0.4, -0.2) is 34.5 Å². The molecule has 24 heavy (non-hydrogen) atoms. The molecule has 1 amide bonds. The Bertz CT molecular complexity index is 880. The fraction of sp³-hybridized carbons (Fsp3) is 0.188. The number of benzene rings is 1. The van der Waals surface area contributed by atoms with Gasteiger partial charge < -0.3 is 15.6 Å². The van der Waals surface area contributed by atoms with E-state index in [1.54, 1.807) is 37.8 Å². The number of aromatic nitrogens is 3. The first-order valence-corrected chi connectivity index (χ1v) is 8.07. The number of imidazole rings is 1. The Kier molecular flexibility index (Phi) is 4.87. The number of H-pyrrole nitrogens is 1. The van der Waals surface area contributed by atoms with Gasteiger partial charge in [0.25, 0.3) is 5.91 Å². The average Bonchev–Trinajstić information content (AvgIpc) is 3.08. The van der Waals surface area contributed by atoms with Crippen molar-refractivity contribution in [2.45, 2.75) is 6.42 Å². The van der Waals surface area contributed by atoms with Crippen LogP contribution >= 0.6 is 23.2 Å². The quantitative estimate of drug-likeness (QED) is 0.649. The smallest absolute Gasteiger partial charge is 0.269 e. The number of rotatable bonds is 5. The minimum Gasteiger partial charge on any atom is -0.385 e. The lowest BCUT2D eigenvalue weighted by Crippen LogP contribution is -2.26. The molecule has 3 aromatic rings. The maximum absolute atomic E-state index is 12.3. The van der Waals surface area contributed by atoms with Gasteiger partial charge in [0.05, 0.1) is 27.6 Å². The van der Waals surface area contributed by atoms with Gasteiger partial charge in [0.1, 0.15) is 5.69 Å². The van der Waals surface area contributed by atoms with Gasteiger partial charge >= 0.3 is 0 Å². The molecule has 0 radical (unpaired) electrons. The Morgan fingerprint density at radius 1 is 1.29 bits per heavy atom. The molecule has 2 heterocycles. The minimum atomic E-state index is -0.255. The second-order valence-electron chi connectivity index (χ2n) is 5.14. The van der Waals surface area contributed by atoms with E-state index in [0.717, 1.165) is 11.1 Å². The number of anilines is 1. The molecule has 0 aliphatic heterocycles. The van der Waals surface area contributed by atoms with Gasteiger partial charge in [0.2, 0.25) is 0 Å². The van der Waals surface area contributed by atoms with Crippen LogP contribution in [0.2, 0.25) is 10.0 Å². The first-order chi connectivity index (χ1) is 11.6. The maximum Gasteiger partial charge on any atom is 0.269 e. The highest BCUT2D eigenvalue weighted by Crippen LogP contribution is 2.35. The van der Waals surface area contributed by atoms with Crippen molar-refractivity contribution in [2.75, 3.05) is 18.9 Å². The third-order valence-electron chi connectivity index (χ3n) is 3.60. The summed E-state index contributed by atoms with van der Waals surface area (Å²) in [6.45, 7) is 0.482. The molecule has 0 saturated carbocycles. The van der Waals surface area contributed by atoms with E-state index in [9.17, 15) is 4.79 Å². The molecule has 3 rings (SSSR count). The van der Waals surface area contributed by atoms with Crippen molar-refractivity contribution in [2.24, 2.45) is 0 Å². The summed E-state index contributed by atoms with van der Waals surface area (Å²) >= 11 is 12.4. The lowest BCUT2D eigenvalue weighted by atomic mass is 10.1. The number of halogens is 2. The molecule has 124 valence electrons. The fourth-order valence-electron chi connectivity index (χ4n) is 2.40. The van der Waals surface area contributed by atoms with E-state index in [4.69, 9.17) is 23.2 Å². The molecule has 0 fully saturated rings. The zero-order valence-electron chi connectivity index (χ0n) is 12.9. The van der Waals surface area contributed by atoms with Gasteiger partial charge in [-0.25, -0.2) is 9.97 Å². The number of fused-ring (bicyclic) bond motifs is 1. The van der Waals surface area contributed by atoms with E-state index >= 15 is 0 Å². The van der Waals surface area contributed by atoms with Crippen LogP contribution in [0.3, 0.4) is 0 Å². The Labute approximate surface area is 148 Å². The summed E-state index contributed by atoms with van der Waals surface area (Å²) in [7, 11) is 1.74. The molecule has 8 heteroatoms. The van der Waals surface area contributed by atoms with Gasteiger partial charge in [0.15, 0.2) is 0 Å². The lowest BCUT2D eigenvalue weighted by Gasteiger charge is -2.11. The number of nitrogens with zero attached hydrogens (tertiary/aromatic N) is 2. The monoisotopic (exact) mass is 363 g/mol. The van der Waals surface area contributed by atoms with E-state index in [1.807, 2.05) is 0 Å². The van der Waals surface area contributed by atoms with Crippen molar-refractivity contribution in [3.8, 4) is 0 Å². The molecule has 0 spiro atoms. The van der Waals surface area contributed by atoms with Crippen molar-refractivity contribution in [3.63, 3.8) is 0 Å². The molecule has 0 saturated heterocycles. The molecular weight excluding hydrogens is 349 g/mol. The van der Waals surface area contributed by atoms with Gasteiger partial charge in [-0.05, 0) is 18.2 Å². The predicted octanol–water partition coefficient (Wildman–Crippen LogP) is 3.28. The van der Waals surface area contributed by atoms with Crippen molar-refractivity contribution in [1.29, 1.82) is 0 Å². The zero-order chi connectivity index (χ0) is 17.1. The van der Waals surface area contributed by atoms with Gasteiger partial charge in [-0.3, -0.25) is 4.79 Å². The first-order valence-electron chi connectivity index (χ1n) is 7.32. The van der Waals surface area contributed by atoms with Crippen molar-refractivity contribution >= 4 is 45.7 Å². The topological polar surface area (TPSA) is 82.7 Å². The van der Waals surface area contributed by atoms with Gasteiger partial charge in [-0.15, -0.1) is 0 Å². The summed E-state index contributed by atoms with van der Waals surface area (Å²) in [6.07, 6.45) is 4.00. The number of hydrogen-bond acceptors (Lipinski definition) is 4. The summed E-state index contributed by atoms with van der Waals surface area (Å²) < 4.78 is 0. The number of carbonyl (C=O) groups is 1. The van der Waals surface area contributed by atoms with E-state index in [2.05, 4.69) is 25.6 Å². The van der Waals surface area contributed by atoms with Crippen molar-refractivity contribution in [1.82, 2.24) is 20.3 Å². The molecule has 3 N–H and O–H groups in total. The second kappa shape index (κ2) is 7.07. The Morgan fingerprint density at radius 3 is 2.83 bits per heavy atom. The van der Waals surface area contributed by atoms with Crippen LogP contribution < -0.4 is 10.6 Å². The summed E-state index contributed by atoms with van der Waals surface area (Å²) in [6, 6.07) is 5.07. The third kappa shape index (κ3) is 3.29. The van der Waals surface area contributed by atoms with Crippen LogP contribution in [0.15, 0.2) is 30.7 Å². The standard InChI is InChI=1S/C16H15Cl2N5O/c1-19-15-12(18)6-11(17)10-2-3-13(23-14(10)15)16(24)21-5-4-9-7-20-8-22-9/h2-3,6-8,19H,4-5H2,1H3,(H,20,22)(H,21,24).